The number of carbonyl (C=O) groups is 2. The molecule has 1 aliphatic heterocycles. The Morgan fingerprint density at radius 1 is 1.16 bits per heavy atom. The molecule has 1 heterocycles. The van der Waals surface area contributed by atoms with Crippen LogP contribution in [0.15, 0.2) is 24.3 Å². The molecule has 1 N–H and O–H groups in total. The number of ether oxygens (including phenoxy) is 2. The summed E-state index contributed by atoms with van der Waals surface area (Å²) in [6.07, 6.45) is 0. The summed E-state index contributed by atoms with van der Waals surface area (Å²) >= 11 is 0. The maximum atomic E-state index is 11.9. The molecule has 6 nitrogen and oxygen atoms in total. The Morgan fingerprint density at radius 2 is 1.80 bits per heavy atom. The van der Waals surface area contributed by atoms with Gasteiger partial charge in [0.1, 0.15) is 12.4 Å². The van der Waals surface area contributed by atoms with Crippen LogP contribution in [0.4, 0.5) is 0 Å². The SMILES string of the molecule is Cc1ccc(OCC(=O)NCC2CN(C(=O)COC(C)(C)C)C2)cc1. The summed E-state index contributed by atoms with van der Waals surface area (Å²) in [6, 6.07) is 7.57. The summed E-state index contributed by atoms with van der Waals surface area (Å²) in [4.78, 5) is 25.5. The Balaban J connectivity index is 1.58. The number of hydrogen-bond donors (Lipinski definition) is 1. The minimum absolute atomic E-state index is 0.000191. The molecular formula is C19H28N2O4. The van der Waals surface area contributed by atoms with E-state index in [0.29, 0.717) is 31.3 Å². The van der Waals surface area contributed by atoms with E-state index in [4.69, 9.17) is 9.47 Å². The maximum Gasteiger partial charge on any atom is 0.257 e. The zero-order valence-corrected chi connectivity index (χ0v) is 15.5. The highest BCUT2D eigenvalue weighted by atomic mass is 16.5. The van der Waals surface area contributed by atoms with E-state index >= 15 is 0 Å². The molecule has 0 radical (unpaired) electrons. The molecule has 0 atom stereocenters. The molecule has 0 saturated carbocycles. The van der Waals surface area contributed by atoms with Crippen LogP contribution in [-0.2, 0) is 14.3 Å². The third-order valence-corrected chi connectivity index (χ3v) is 3.92. The van der Waals surface area contributed by atoms with Crippen molar-refractivity contribution in [2.24, 2.45) is 5.92 Å². The van der Waals surface area contributed by atoms with Crippen molar-refractivity contribution in [1.82, 2.24) is 10.2 Å². The number of rotatable bonds is 7. The van der Waals surface area contributed by atoms with Crippen LogP contribution >= 0.6 is 0 Å². The second-order valence-corrected chi connectivity index (χ2v) is 7.47. The fourth-order valence-electron chi connectivity index (χ4n) is 2.36. The van der Waals surface area contributed by atoms with Crippen molar-refractivity contribution in [2.75, 3.05) is 32.8 Å². The molecule has 2 rings (SSSR count). The highest BCUT2D eigenvalue weighted by molar-refractivity contribution is 5.79. The van der Waals surface area contributed by atoms with Crippen molar-refractivity contribution in [3.8, 4) is 5.75 Å². The van der Waals surface area contributed by atoms with E-state index in [9.17, 15) is 9.59 Å². The predicted octanol–water partition coefficient (Wildman–Crippen LogP) is 1.76. The fourth-order valence-corrected chi connectivity index (χ4v) is 2.36. The fraction of sp³-hybridized carbons (Fsp3) is 0.579. The molecule has 6 heteroatoms. The van der Waals surface area contributed by atoms with Crippen LogP contribution in [0.5, 0.6) is 5.75 Å². The van der Waals surface area contributed by atoms with Gasteiger partial charge in [0.05, 0.1) is 5.60 Å². The van der Waals surface area contributed by atoms with E-state index in [1.54, 1.807) is 4.90 Å². The van der Waals surface area contributed by atoms with E-state index in [1.807, 2.05) is 52.0 Å². The minimum Gasteiger partial charge on any atom is -0.484 e. The Morgan fingerprint density at radius 3 is 2.40 bits per heavy atom. The average molecular weight is 348 g/mol. The Hall–Kier alpha value is -2.08. The van der Waals surface area contributed by atoms with Gasteiger partial charge < -0.3 is 19.7 Å². The van der Waals surface area contributed by atoms with E-state index < -0.39 is 0 Å². The van der Waals surface area contributed by atoms with E-state index in [-0.39, 0.29) is 30.6 Å². The van der Waals surface area contributed by atoms with Gasteiger partial charge in [-0.1, -0.05) is 17.7 Å². The van der Waals surface area contributed by atoms with Crippen molar-refractivity contribution in [3.05, 3.63) is 29.8 Å². The summed E-state index contributed by atoms with van der Waals surface area (Å²) in [5, 5.41) is 2.85. The first-order valence-corrected chi connectivity index (χ1v) is 8.61. The first-order chi connectivity index (χ1) is 11.7. The normalized spacial score (nSPS) is 14.8. The van der Waals surface area contributed by atoms with Gasteiger partial charge in [-0.05, 0) is 39.8 Å². The molecule has 1 fully saturated rings. The van der Waals surface area contributed by atoms with Crippen molar-refractivity contribution in [1.29, 1.82) is 0 Å². The lowest BCUT2D eigenvalue weighted by atomic mass is 10.00. The molecule has 0 aliphatic carbocycles. The van der Waals surface area contributed by atoms with Crippen molar-refractivity contribution >= 4 is 11.8 Å². The van der Waals surface area contributed by atoms with Crippen LogP contribution in [0.3, 0.4) is 0 Å². The topological polar surface area (TPSA) is 67.9 Å². The van der Waals surface area contributed by atoms with Crippen molar-refractivity contribution < 1.29 is 19.1 Å². The molecule has 1 aromatic carbocycles. The Bertz CT molecular complexity index is 586. The number of amides is 2. The summed E-state index contributed by atoms with van der Waals surface area (Å²) in [7, 11) is 0. The molecule has 1 aliphatic rings. The molecule has 2 amide bonds. The number of benzene rings is 1. The summed E-state index contributed by atoms with van der Waals surface area (Å²) in [6.45, 7) is 9.74. The van der Waals surface area contributed by atoms with Crippen LogP contribution in [0, 0.1) is 12.8 Å². The third-order valence-electron chi connectivity index (χ3n) is 3.92. The lowest BCUT2D eigenvalue weighted by Gasteiger charge is -2.39. The van der Waals surface area contributed by atoms with Gasteiger partial charge in [0.15, 0.2) is 6.61 Å². The zero-order valence-electron chi connectivity index (χ0n) is 15.5. The van der Waals surface area contributed by atoms with E-state index in [2.05, 4.69) is 5.32 Å². The monoisotopic (exact) mass is 348 g/mol. The molecule has 0 bridgehead atoms. The molecule has 0 spiro atoms. The first kappa shape index (κ1) is 19.2. The largest absolute Gasteiger partial charge is 0.484 e. The van der Waals surface area contributed by atoms with Gasteiger partial charge in [0.25, 0.3) is 5.91 Å². The Labute approximate surface area is 149 Å². The molecule has 0 aromatic heterocycles. The van der Waals surface area contributed by atoms with Crippen LogP contribution < -0.4 is 10.1 Å². The molecule has 138 valence electrons. The molecule has 0 unspecified atom stereocenters. The molecule has 25 heavy (non-hydrogen) atoms. The second-order valence-electron chi connectivity index (χ2n) is 7.47. The average Bonchev–Trinajstić information content (AvgIpc) is 2.50. The standard InChI is InChI=1S/C19H28N2O4/c1-14-5-7-16(8-6-14)24-12-17(22)20-9-15-10-21(11-15)18(23)13-25-19(2,3)4/h5-8,15H,9-13H2,1-4H3,(H,20,22). The lowest BCUT2D eigenvalue weighted by molar-refractivity contribution is -0.147. The number of nitrogens with one attached hydrogen (secondary N) is 1. The van der Waals surface area contributed by atoms with Crippen LogP contribution in [0.2, 0.25) is 0 Å². The van der Waals surface area contributed by atoms with E-state index in [0.717, 1.165) is 5.56 Å². The van der Waals surface area contributed by atoms with Gasteiger partial charge in [-0.2, -0.15) is 0 Å². The summed E-state index contributed by atoms with van der Waals surface area (Å²) < 4.78 is 10.9. The van der Waals surface area contributed by atoms with E-state index in [1.165, 1.54) is 0 Å². The van der Waals surface area contributed by atoms with Gasteiger partial charge in [0.2, 0.25) is 5.91 Å². The van der Waals surface area contributed by atoms with Gasteiger partial charge in [0, 0.05) is 25.6 Å². The van der Waals surface area contributed by atoms with Crippen LogP contribution in [0.25, 0.3) is 0 Å². The van der Waals surface area contributed by atoms with Gasteiger partial charge in [-0.3, -0.25) is 9.59 Å². The van der Waals surface area contributed by atoms with Gasteiger partial charge in [-0.15, -0.1) is 0 Å². The van der Waals surface area contributed by atoms with Gasteiger partial charge in [-0.25, -0.2) is 0 Å². The quantitative estimate of drug-likeness (QED) is 0.815. The number of likely N-dealkylation sites (tertiary alicyclic amines) is 1. The zero-order chi connectivity index (χ0) is 18.4. The van der Waals surface area contributed by atoms with Gasteiger partial charge >= 0.3 is 0 Å². The maximum absolute atomic E-state index is 11.9. The number of nitrogens with zero attached hydrogens (tertiary/aromatic N) is 1. The number of hydrogen-bond acceptors (Lipinski definition) is 4. The Kier molecular flexibility index (Phi) is 6.42. The van der Waals surface area contributed by atoms with Crippen LogP contribution in [-0.4, -0.2) is 55.2 Å². The molecule has 1 aromatic rings. The molecule has 1 saturated heterocycles. The lowest BCUT2D eigenvalue weighted by Crippen LogP contribution is -2.55. The number of aryl methyl sites for hydroxylation is 1. The second kappa shape index (κ2) is 8.34. The smallest absolute Gasteiger partial charge is 0.257 e. The van der Waals surface area contributed by atoms with Crippen molar-refractivity contribution in [2.45, 2.75) is 33.3 Å². The predicted molar refractivity (Wildman–Crippen MR) is 95.5 cm³/mol. The molecular weight excluding hydrogens is 320 g/mol. The highest BCUT2D eigenvalue weighted by Crippen LogP contribution is 2.16. The first-order valence-electron chi connectivity index (χ1n) is 8.61. The van der Waals surface area contributed by atoms with Crippen molar-refractivity contribution in [3.63, 3.8) is 0 Å². The van der Waals surface area contributed by atoms with Crippen LogP contribution in [0.1, 0.15) is 26.3 Å². The minimum atomic E-state index is -0.314. The number of carbonyl (C=O) groups excluding carboxylic acids is 2. The summed E-state index contributed by atoms with van der Waals surface area (Å²) in [5.74, 6) is 0.823. The third kappa shape index (κ3) is 6.74. The summed E-state index contributed by atoms with van der Waals surface area (Å²) in [5.41, 5.74) is 0.833. The highest BCUT2D eigenvalue weighted by Gasteiger charge is 2.31.